The Hall–Kier alpha value is -1.13. The van der Waals surface area contributed by atoms with Gasteiger partial charge in [-0.3, -0.25) is 4.79 Å². The van der Waals surface area contributed by atoms with Gasteiger partial charge in [-0.05, 0) is 38.5 Å². The Labute approximate surface area is 126 Å². The largest absolute Gasteiger partial charge is 0.372 e. The first-order valence-corrected chi connectivity index (χ1v) is 8.15. The monoisotopic (exact) mass is 291 g/mol. The van der Waals surface area contributed by atoms with Crippen LogP contribution in [0.15, 0.2) is 24.3 Å². The van der Waals surface area contributed by atoms with Crippen molar-refractivity contribution in [3.63, 3.8) is 0 Å². The van der Waals surface area contributed by atoms with Crippen molar-refractivity contribution in [1.82, 2.24) is 4.90 Å². The molecule has 0 bridgehead atoms. The van der Waals surface area contributed by atoms with E-state index in [0.717, 1.165) is 37.7 Å². The summed E-state index contributed by atoms with van der Waals surface area (Å²) in [6, 6.07) is 0.184. The van der Waals surface area contributed by atoms with Crippen LogP contribution in [0.2, 0.25) is 0 Å². The van der Waals surface area contributed by atoms with Gasteiger partial charge in [0.05, 0.1) is 25.4 Å². The van der Waals surface area contributed by atoms with Gasteiger partial charge in [-0.15, -0.1) is 6.58 Å². The Morgan fingerprint density at radius 1 is 1.48 bits per heavy atom. The summed E-state index contributed by atoms with van der Waals surface area (Å²) in [5, 5.41) is 0. The Bertz CT molecular complexity index is 432. The zero-order valence-electron chi connectivity index (χ0n) is 12.6. The van der Waals surface area contributed by atoms with E-state index in [1.54, 1.807) is 6.08 Å². The van der Waals surface area contributed by atoms with Gasteiger partial charge in [-0.1, -0.05) is 12.2 Å². The lowest BCUT2D eigenvalue weighted by atomic mass is 9.97. The third-order valence-corrected chi connectivity index (χ3v) is 4.79. The fraction of sp³-hybridized carbons (Fsp3) is 0.706. The molecule has 3 rings (SSSR count). The number of rotatable bonds is 4. The van der Waals surface area contributed by atoms with Crippen molar-refractivity contribution < 1.29 is 14.3 Å². The fourth-order valence-electron chi connectivity index (χ4n) is 3.75. The van der Waals surface area contributed by atoms with Crippen molar-refractivity contribution in [1.29, 1.82) is 0 Å². The zero-order chi connectivity index (χ0) is 14.7. The topological polar surface area (TPSA) is 38.8 Å². The van der Waals surface area contributed by atoms with Crippen LogP contribution >= 0.6 is 0 Å². The van der Waals surface area contributed by atoms with Gasteiger partial charge in [0.15, 0.2) is 0 Å². The Kier molecular flexibility index (Phi) is 4.76. The van der Waals surface area contributed by atoms with E-state index in [1.165, 1.54) is 6.42 Å². The smallest absolute Gasteiger partial charge is 0.249 e. The van der Waals surface area contributed by atoms with Gasteiger partial charge < -0.3 is 14.4 Å². The van der Waals surface area contributed by atoms with Crippen molar-refractivity contribution >= 4 is 5.91 Å². The van der Waals surface area contributed by atoms with Crippen LogP contribution in [-0.2, 0) is 14.3 Å². The molecule has 0 aromatic heterocycles. The summed E-state index contributed by atoms with van der Waals surface area (Å²) in [6.45, 7) is 5.58. The van der Waals surface area contributed by atoms with E-state index in [2.05, 4.69) is 12.7 Å². The van der Waals surface area contributed by atoms with Gasteiger partial charge in [0.2, 0.25) is 5.91 Å². The fourth-order valence-corrected chi connectivity index (χ4v) is 3.75. The molecule has 0 aromatic carbocycles. The van der Waals surface area contributed by atoms with Crippen molar-refractivity contribution in [3.05, 3.63) is 24.3 Å². The maximum atomic E-state index is 12.8. The van der Waals surface area contributed by atoms with Crippen molar-refractivity contribution in [2.75, 3.05) is 19.8 Å². The molecule has 4 nitrogen and oxygen atoms in total. The number of allylic oxidation sites excluding steroid dienone is 1. The molecule has 1 amide bonds. The number of carbonyl (C=O) groups is 1. The number of fused-ring (bicyclic) bond motifs is 1. The summed E-state index contributed by atoms with van der Waals surface area (Å²) in [5.74, 6) is 0.234. The number of hydrogen-bond donors (Lipinski definition) is 0. The second-order valence-electron chi connectivity index (χ2n) is 6.11. The summed E-state index contributed by atoms with van der Waals surface area (Å²) in [5.41, 5.74) is 1.01. The van der Waals surface area contributed by atoms with E-state index in [1.807, 2.05) is 4.90 Å². The minimum absolute atomic E-state index is 0.0341. The highest BCUT2D eigenvalue weighted by Crippen LogP contribution is 2.33. The van der Waals surface area contributed by atoms with Gasteiger partial charge in [0.1, 0.15) is 6.10 Å². The van der Waals surface area contributed by atoms with Crippen LogP contribution in [0, 0.1) is 0 Å². The summed E-state index contributed by atoms with van der Waals surface area (Å²) < 4.78 is 11.7. The highest BCUT2D eigenvalue weighted by atomic mass is 16.5. The minimum Gasteiger partial charge on any atom is -0.372 e. The molecule has 4 heteroatoms. The summed E-state index contributed by atoms with van der Waals surface area (Å²) >= 11 is 0. The number of nitrogens with zero attached hydrogens (tertiary/aromatic N) is 1. The van der Waals surface area contributed by atoms with Crippen molar-refractivity contribution in [2.24, 2.45) is 0 Å². The summed E-state index contributed by atoms with van der Waals surface area (Å²) in [7, 11) is 0. The minimum atomic E-state index is 0.0341. The van der Waals surface area contributed by atoms with Crippen LogP contribution in [0.25, 0.3) is 0 Å². The molecule has 2 aliphatic carbocycles. The highest BCUT2D eigenvalue weighted by Gasteiger charge is 2.45. The molecule has 116 valence electrons. The maximum Gasteiger partial charge on any atom is 0.249 e. The van der Waals surface area contributed by atoms with Crippen LogP contribution in [-0.4, -0.2) is 48.8 Å². The molecular weight excluding hydrogens is 266 g/mol. The third kappa shape index (κ3) is 3.06. The molecule has 1 saturated heterocycles. The number of morpholine rings is 1. The molecule has 3 aliphatic rings. The van der Waals surface area contributed by atoms with Gasteiger partial charge in [0.25, 0.3) is 0 Å². The quantitative estimate of drug-likeness (QED) is 0.747. The van der Waals surface area contributed by atoms with Crippen molar-refractivity contribution in [2.45, 2.75) is 56.8 Å². The number of ether oxygens (including phenoxy) is 2. The van der Waals surface area contributed by atoms with Crippen molar-refractivity contribution in [3.8, 4) is 0 Å². The normalized spacial score (nSPS) is 32.5. The van der Waals surface area contributed by atoms with Gasteiger partial charge >= 0.3 is 0 Å². The SMILES string of the molecule is C=CCO[C@H]1CC[C@@H]2[C@H]1OCCN2C(=O)C1=CCCCC1. The lowest BCUT2D eigenvalue weighted by Crippen LogP contribution is -2.54. The first kappa shape index (κ1) is 14.8. The van der Waals surface area contributed by atoms with E-state index >= 15 is 0 Å². The number of carbonyl (C=O) groups excluding carboxylic acids is 1. The van der Waals surface area contributed by atoms with Crippen LogP contribution in [0.1, 0.15) is 38.5 Å². The third-order valence-electron chi connectivity index (χ3n) is 4.79. The van der Waals surface area contributed by atoms with Gasteiger partial charge in [-0.25, -0.2) is 0 Å². The number of hydrogen-bond acceptors (Lipinski definition) is 3. The molecule has 1 saturated carbocycles. The van der Waals surface area contributed by atoms with Gasteiger partial charge in [0, 0.05) is 12.1 Å². The molecule has 0 unspecified atom stereocenters. The molecule has 0 aromatic rings. The molecule has 3 atom stereocenters. The summed E-state index contributed by atoms with van der Waals surface area (Å²) in [6.07, 6.45) is 10.3. The first-order valence-electron chi connectivity index (χ1n) is 8.15. The average Bonchev–Trinajstić information content (AvgIpc) is 2.96. The van der Waals surface area contributed by atoms with E-state index in [-0.39, 0.29) is 24.2 Å². The lowest BCUT2D eigenvalue weighted by Gasteiger charge is -2.39. The van der Waals surface area contributed by atoms with E-state index in [0.29, 0.717) is 19.8 Å². The first-order chi connectivity index (χ1) is 10.3. The van der Waals surface area contributed by atoms with E-state index in [4.69, 9.17) is 9.47 Å². The molecule has 1 heterocycles. The predicted molar refractivity (Wildman–Crippen MR) is 81.0 cm³/mol. The Morgan fingerprint density at radius 2 is 2.38 bits per heavy atom. The second kappa shape index (κ2) is 6.75. The molecule has 1 aliphatic heterocycles. The standard InChI is InChI=1S/C17H25NO3/c1-2-11-20-15-9-8-14-16(15)21-12-10-18(14)17(19)13-6-4-3-5-7-13/h2,6,14-16H,1,3-5,7-12H2/t14-,15+,16-/m1/s1. The van der Waals surface area contributed by atoms with Crippen LogP contribution in [0.3, 0.4) is 0 Å². The molecule has 2 fully saturated rings. The van der Waals surface area contributed by atoms with E-state index < -0.39 is 0 Å². The highest BCUT2D eigenvalue weighted by molar-refractivity contribution is 5.93. The Morgan fingerprint density at radius 3 is 3.14 bits per heavy atom. The van der Waals surface area contributed by atoms with Gasteiger partial charge in [-0.2, -0.15) is 0 Å². The molecule has 0 N–H and O–H groups in total. The second-order valence-corrected chi connectivity index (χ2v) is 6.11. The average molecular weight is 291 g/mol. The number of amides is 1. The predicted octanol–water partition coefficient (Wildman–Crippen LogP) is 2.45. The molecular formula is C17H25NO3. The van der Waals surface area contributed by atoms with Crippen LogP contribution < -0.4 is 0 Å². The molecule has 0 radical (unpaired) electrons. The molecule has 0 spiro atoms. The summed E-state index contributed by atoms with van der Waals surface area (Å²) in [4.78, 5) is 14.8. The van der Waals surface area contributed by atoms with Crippen LogP contribution in [0.5, 0.6) is 0 Å². The maximum absolute atomic E-state index is 12.8. The van der Waals surface area contributed by atoms with Crippen LogP contribution in [0.4, 0.5) is 0 Å². The molecule has 21 heavy (non-hydrogen) atoms. The zero-order valence-corrected chi connectivity index (χ0v) is 12.6. The lowest BCUT2D eigenvalue weighted by molar-refractivity contribution is -0.147. The Balaban J connectivity index is 1.68. The van der Waals surface area contributed by atoms with E-state index in [9.17, 15) is 4.79 Å².